The smallest absolute Gasteiger partial charge is 0.444 e. The standard InChI is InChI=1S/C33H51BN6O5/c1-21(2)15-23(17-26(41)35-10)36-27-24-12-11-22(34-44-31(6,7)32(8,9)45-34)16-25(24)37-28(38-27)39-14-13-33(18-39)19-40(20-33)29(42)43-30(3,4)5/h11-12,16,21,23H,13-15,17-20H2,1-10H3,(H,35,41)(H,36,37,38)/t23-/m0/s1. The maximum absolute atomic E-state index is 12.6. The van der Waals surface area contributed by atoms with Crippen molar-refractivity contribution in [3.63, 3.8) is 0 Å². The van der Waals surface area contributed by atoms with E-state index in [0.717, 1.165) is 42.3 Å². The van der Waals surface area contributed by atoms with E-state index in [0.29, 0.717) is 37.2 Å². The van der Waals surface area contributed by atoms with E-state index in [1.165, 1.54) is 0 Å². The summed E-state index contributed by atoms with van der Waals surface area (Å²) in [6.07, 6.45) is 1.84. The predicted octanol–water partition coefficient (Wildman–Crippen LogP) is 4.34. The van der Waals surface area contributed by atoms with E-state index in [1.807, 2.05) is 66.7 Å². The van der Waals surface area contributed by atoms with Crippen LogP contribution in [0, 0.1) is 11.3 Å². The van der Waals surface area contributed by atoms with Crippen molar-refractivity contribution in [1.29, 1.82) is 0 Å². The van der Waals surface area contributed by atoms with Crippen molar-refractivity contribution in [1.82, 2.24) is 20.2 Å². The number of likely N-dealkylation sites (tertiary alicyclic amines) is 1. The van der Waals surface area contributed by atoms with Crippen LogP contribution in [0.15, 0.2) is 18.2 Å². The zero-order valence-electron chi connectivity index (χ0n) is 28.7. The summed E-state index contributed by atoms with van der Waals surface area (Å²) in [4.78, 5) is 39.2. The first-order chi connectivity index (χ1) is 20.9. The van der Waals surface area contributed by atoms with Crippen molar-refractivity contribution < 1.29 is 23.6 Å². The van der Waals surface area contributed by atoms with Gasteiger partial charge in [-0.1, -0.05) is 19.9 Å². The summed E-state index contributed by atoms with van der Waals surface area (Å²) >= 11 is 0. The molecular formula is C33H51BN6O5. The molecule has 1 spiro atoms. The van der Waals surface area contributed by atoms with E-state index in [9.17, 15) is 9.59 Å². The van der Waals surface area contributed by atoms with Gasteiger partial charge in [-0.15, -0.1) is 0 Å². The lowest BCUT2D eigenvalue weighted by atomic mass is 9.78. The van der Waals surface area contributed by atoms with Crippen molar-refractivity contribution in [2.75, 3.05) is 43.4 Å². The summed E-state index contributed by atoms with van der Waals surface area (Å²) in [5.74, 6) is 1.71. The van der Waals surface area contributed by atoms with Crippen LogP contribution in [0.2, 0.25) is 0 Å². The molecule has 0 unspecified atom stereocenters. The Balaban J connectivity index is 1.45. The molecule has 2 amide bonds. The van der Waals surface area contributed by atoms with Crippen LogP contribution in [0.1, 0.15) is 81.6 Å². The Hall–Kier alpha value is -3.12. The molecule has 3 aliphatic heterocycles. The lowest BCUT2D eigenvalue weighted by Crippen LogP contribution is -2.60. The minimum atomic E-state index is -0.520. The number of amides is 2. The number of hydrogen-bond donors (Lipinski definition) is 2. The van der Waals surface area contributed by atoms with Gasteiger partial charge in [0.25, 0.3) is 0 Å². The van der Waals surface area contributed by atoms with Crippen LogP contribution in [-0.2, 0) is 18.8 Å². The second kappa shape index (κ2) is 11.9. The molecule has 1 aromatic heterocycles. The number of rotatable bonds is 8. The SMILES string of the molecule is CNC(=O)C[C@H](CC(C)C)Nc1nc(N2CCC3(CN(C(=O)OC(C)(C)C)C3)C2)nc2cc(B3OC(C)(C)C(C)(C)O3)ccc12. The molecule has 2 N–H and O–H groups in total. The second-order valence-corrected chi connectivity index (χ2v) is 15.6. The van der Waals surface area contributed by atoms with Gasteiger partial charge >= 0.3 is 13.2 Å². The Morgan fingerprint density at radius 3 is 2.33 bits per heavy atom. The van der Waals surface area contributed by atoms with Gasteiger partial charge in [-0.3, -0.25) is 4.79 Å². The summed E-state index contributed by atoms with van der Waals surface area (Å²) in [5.41, 5.74) is 0.231. The number of nitrogens with zero attached hydrogens (tertiary/aromatic N) is 4. The lowest BCUT2D eigenvalue weighted by molar-refractivity contribution is -0.120. The number of hydrogen-bond acceptors (Lipinski definition) is 9. The summed E-state index contributed by atoms with van der Waals surface area (Å²) in [6, 6.07) is 5.96. The number of carbonyl (C=O) groups is 2. The molecule has 0 saturated carbocycles. The first-order valence-corrected chi connectivity index (χ1v) is 16.3. The topological polar surface area (TPSA) is 118 Å². The summed E-state index contributed by atoms with van der Waals surface area (Å²) in [7, 11) is 1.15. The molecule has 2 aromatic rings. The van der Waals surface area contributed by atoms with Crippen LogP contribution >= 0.6 is 0 Å². The van der Waals surface area contributed by atoms with E-state index < -0.39 is 23.9 Å². The van der Waals surface area contributed by atoms with Crippen LogP contribution < -0.4 is 21.0 Å². The molecule has 1 aromatic carbocycles. The average Bonchev–Trinajstić information content (AvgIpc) is 3.44. The quantitative estimate of drug-likeness (QED) is 0.415. The fourth-order valence-corrected chi connectivity index (χ4v) is 6.38. The molecule has 3 saturated heterocycles. The molecule has 11 nitrogen and oxygen atoms in total. The van der Waals surface area contributed by atoms with Crippen LogP contribution in [-0.4, -0.2) is 90.1 Å². The highest BCUT2D eigenvalue weighted by molar-refractivity contribution is 6.62. The fourth-order valence-electron chi connectivity index (χ4n) is 6.38. The first-order valence-electron chi connectivity index (χ1n) is 16.3. The van der Waals surface area contributed by atoms with E-state index in [-0.39, 0.29) is 23.5 Å². The molecule has 45 heavy (non-hydrogen) atoms. The van der Waals surface area contributed by atoms with Crippen molar-refractivity contribution in [2.24, 2.45) is 11.3 Å². The molecular weight excluding hydrogens is 571 g/mol. The third kappa shape index (κ3) is 7.17. The van der Waals surface area contributed by atoms with Gasteiger partial charge in [0.2, 0.25) is 11.9 Å². The Morgan fingerprint density at radius 2 is 1.73 bits per heavy atom. The highest BCUT2D eigenvalue weighted by Crippen LogP contribution is 2.42. The number of nitrogens with one attached hydrogen (secondary N) is 2. The maximum Gasteiger partial charge on any atom is 0.494 e. The molecule has 0 radical (unpaired) electrons. The molecule has 4 heterocycles. The van der Waals surface area contributed by atoms with E-state index >= 15 is 0 Å². The van der Waals surface area contributed by atoms with Crippen molar-refractivity contribution >= 4 is 47.3 Å². The van der Waals surface area contributed by atoms with Gasteiger partial charge in [-0.2, -0.15) is 4.98 Å². The number of ether oxygens (including phenoxy) is 1. The van der Waals surface area contributed by atoms with Crippen molar-refractivity contribution in [3.05, 3.63) is 18.2 Å². The Bertz CT molecular complexity index is 1420. The van der Waals surface area contributed by atoms with Gasteiger partial charge < -0.3 is 34.5 Å². The van der Waals surface area contributed by atoms with Gasteiger partial charge in [0.05, 0.1) is 16.7 Å². The summed E-state index contributed by atoms with van der Waals surface area (Å²) < 4.78 is 18.3. The normalized spacial score (nSPS) is 20.9. The lowest BCUT2D eigenvalue weighted by Gasteiger charge is -2.47. The molecule has 0 bridgehead atoms. The highest BCUT2D eigenvalue weighted by Gasteiger charge is 2.52. The predicted molar refractivity (Wildman–Crippen MR) is 178 cm³/mol. The zero-order chi connectivity index (χ0) is 32.9. The molecule has 5 rings (SSSR count). The minimum absolute atomic E-state index is 0.00720. The highest BCUT2D eigenvalue weighted by atomic mass is 16.7. The van der Waals surface area contributed by atoms with E-state index in [4.69, 9.17) is 24.0 Å². The largest absolute Gasteiger partial charge is 0.494 e. The first kappa shape index (κ1) is 33.3. The molecule has 246 valence electrons. The van der Waals surface area contributed by atoms with Crippen molar-refractivity contribution in [3.8, 4) is 0 Å². The Kier molecular flexibility index (Phi) is 8.80. The van der Waals surface area contributed by atoms with Gasteiger partial charge in [0.1, 0.15) is 11.4 Å². The molecule has 0 aliphatic carbocycles. The number of fused-ring (bicyclic) bond motifs is 1. The van der Waals surface area contributed by atoms with Gasteiger partial charge in [-0.25, -0.2) is 9.78 Å². The Labute approximate surface area is 268 Å². The molecule has 3 aliphatic rings. The molecule has 3 fully saturated rings. The number of aromatic nitrogens is 2. The third-order valence-electron chi connectivity index (χ3n) is 9.47. The van der Waals surface area contributed by atoms with Crippen LogP contribution in [0.4, 0.5) is 16.6 Å². The fraction of sp³-hybridized carbons (Fsp3) is 0.697. The number of anilines is 2. The average molecular weight is 623 g/mol. The summed E-state index contributed by atoms with van der Waals surface area (Å²) in [5, 5.41) is 7.25. The van der Waals surface area contributed by atoms with Crippen molar-refractivity contribution in [2.45, 2.75) is 104 Å². The van der Waals surface area contributed by atoms with Crippen LogP contribution in [0.5, 0.6) is 0 Å². The maximum atomic E-state index is 12.6. The number of benzene rings is 1. The Morgan fingerprint density at radius 1 is 1.07 bits per heavy atom. The van der Waals surface area contributed by atoms with Crippen LogP contribution in [0.25, 0.3) is 10.9 Å². The van der Waals surface area contributed by atoms with Gasteiger partial charge in [0, 0.05) is 56.5 Å². The molecule has 1 atom stereocenters. The molecule has 12 heteroatoms. The zero-order valence-corrected chi connectivity index (χ0v) is 28.7. The van der Waals surface area contributed by atoms with Crippen LogP contribution in [0.3, 0.4) is 0 Å². The minimum Gasteiger partial charge on any atom is -0.444 e. The van der Waals surface area contributed by atoms with Gasteiger partial charge in [0.15, 0.2) is 0 Å². The summed E-state index contributed by atoms with van der Waals surface area (Å²) in [6.45, 7) is 21.0. The number of carbonyl (C=O) groups excluding carboxylic acids is 2. The monoisotopic (exact) mass is 622 g/mol. The van der Waals surface area contributed by atoms with E-state index in [1.54, 1.807) is 11.9 Å². The van der Waals surface area contributed by atoms with Gasteiger partial charge in [-0.05, 0) is 84.8 Å². The third-order valence-corrected chi connectivity index (χ3v) is 9.47. The van der Waals surface area contributed by atoms with E-state index in [2.05, 4.69) is 29.4 Å². The second-order valence-electron chi connectivity index (χ2n) is 15.6.